The summed E-state index contributed by atoms with van der Waals surface area (Å²) in [7, 11) is 0. The van der Waals surface area contributed by atoms with E-state index < -0.39 is 5.91 Å². The molecule has 1 N–H and O–H groups in total. The summed E-state index contributed by atoms with van der Waals surface area (Å²) in [5.74, 6) is 0.715. The number of carbonyl (C=O) groups is 1. The number of benzene rings is 2. The second-order valence-electron chi connectivity index (χ2n) is 5.17. The Morgan fingerprint density at radius 3 is 2.58 bits per heavy atom. The highest BCUT2D eigenvalue weighted by molar-refractivity contribution is 6.34. The van der Waals surface area contributed by atoms with Crippen molar-refractivity contribution in [3.05, 3.63) is 53.3 Å². The van der Waals surface area contributed by atoms with Crippen LogP contribution in [0.5, 0.6) is 11.5 Å². The molecule has 1 aliphatic heterocycles. The molecule has 120 valence electrons. The number of hydrogen-bond acceptors (Lipinski definition) is 5. The van der Waals surface area contributed by atoms with Crippen LogP contribution in [0.2, 0.25) is 5.02 Å². The third kappa shape index (κ3) is 2.72. The van der Waals surface area contributed by atoms with Gasteiger partial charge < -0.3 is 14.8 Å². The van der Waals surface area contributed by atoms with Gasteiger partial charge in [0.15, 0.2) is 11.5 Å². The van der Waals surface area contributed by atoms with Crippen LogP contribution in [-0.2, 0) is 0 Å². The summed E-state index contributed by atoms with van der Waals surface area (Å²) < 4.78 is 11.0. The van der Waals surface area contributed by atoms with Crippen molar-refractivity contribution < 1.29 is 14.3 Å². The molecule has 0 saturated carbocycles. The van der Waals surface area contributed by atoms with E-state index >= 15 is 0 Å². The number of aromatic nitrogens is 2. The molecule has 6 nitrogen and oxygen atoms in total. The number of carbonyl (C=O) groups excluding carboxylic acids is 1. The fourth-order valence-electron chi connectivity index (χ4n) is 2.41. The number of para-hydroxylation sites is 2. The van der Waals surface area contributed by atoms with Gasteiger partial charge in [-0.15, -0.1) is 0 Å². The molecule has 24 heavy (non-hydrogen) atoms. The monoisotopic (exact) mass is 341 g/mol. The van der Waals surface area contributed by atoms with Gasteiger partial charge in [-0.05, 0) is 12.1 Å². The molecule has 1 amide bonds. The number of nitrogens with one attached hydrogen (secondary N) is 1. The predicted molar refractivity (Wildman–Crippen MR) is 89.9 cm³/mol. The topological polar surface area (TPSA) is 73.3 Å². The van der Waals surface area contributed by atoms with E-state index in [4.69, 9.17) is 21.1 Å². The van der Waals surface area contributed by atoms with Crippen LogP contribution >= 0.6 is 11.6 Å². The van der Waals surface area contributed by atoms with Gasteiger partial charge in [-0.1, -0.05) is 23.7 Å². The fraction of sp³-hybridized carbons (Fsp3) is 0.118. The van der Waals surface area contributed by atoms with Gasteiger partial charge in [-0.2, -0.15) is 0 Å². The number of anilines is 1. The van der Waals surface area contributed by atoms with Crippen molar-refractivity contribution >= 4 is 34.2 Å². The first-order valence-corrected chi connectivity index (χ1v) is 7.71. The van der Waals surface area contributed by atoms with Crippen molar-refractivity contribution in [2.45, 2.75) is 0 Å². The first-order valence-electron chi connectivity index (χ1n) is 7.33. The van der Waals surface area contributed by atoms with E-state index in [-0.39, 0.29) is 5.69 Å². The zero-order valence-corrected chi connectivity index (χ0v) is 13.2. The first kappa shape index (κ1) is 14.7. The summed E-state index contributed by atoms with van der Waals surface area (Å²) in [6, 6.07) is 10.6. The van der Waals surface area contributed by atoms with Gasteiger partial charge >= 0.3 is 0 Å². The highest BCUT2D eigenvalue weighted by Gasteiger charge is 2.17. The van der Waals surface area contributed by atoms with E-state index in [0.717, 1.165) is 5.52 Å². The average molecular weight is 342 g/mol. The standard InChI is InChI=1S/C17H12ClN3O3/c18-10-7-15-16(24-6-5-23-15)8-13(10)21-17(22)14-9-19-11-3-1-2-4-12(11)20-14/h1-4,7-9H,5-6H2,(H,21,22). The molecule has 0 unspecified atom stereocenters. The molecule has 0 saturated heterocycles. The van der Waals surface area contributed by atoms with Crippen molar-refractivity contribution in [3.8, 4) is 11.5 Å². The summed E-state index contributed by atoms with van der Waals surface area (Å²) in [6.07, 6.45) is 1.43. The second-order valence-corrected chi connectivity index (χ2v) is 5.58. The molecule has 0 atom stereocenters. The smallest absolute Gasteiger partial charge is 0.275 e. The van der Waals surface area contributed by atoms with E-state index in [1.54, 1.807) is 18.2 Å². The summed E-state index contributed by atoms with van der Waals surface area (Å²) in [6.45, 7) is 0.930. The Hall–Kier alpha value is -2.86. The molecule has 0 aliphatic carbocycles. The van der Waals surface area contributed by atoms with Gasteiger partial charge in [0.2, 0.25) is 0 Å². The van der Waals surface area contributed by atoms with Crippen molar-refractivity contribution in [2.75, 3.05) is 18.5 Å². The lowest BCUT2D eigenvalue weighted by molar-refractivity contribution is 0.102. The summed E-state index contributed by atoms with van der Waals surface area (Å²) in [5.41, 5.74) is 2.02. The predicted octanol–water partition coefficient (Wildman–Crippen LogP) is 3.31. The molecule has 1 aliphatic rings. The van der Waals surface area contributed by atoms with Crippen molar-refractivity contribution in [3.63, 3.8) is 0 Å². The quantitative estimate of drug-likeness (QED) is 0.774. The van der Waals surface area contributed by atoms with Crippen molar-refractivity contribution in [1.82, 2.24) is 9.97 Å². The molecular weight excluding hydrogens is 330 g/mol. The molecule has 2 aromatic carbocycles. The lowest BCUT2D eigenvalue weighted by Crippen LogP contribution is -2.17. The Bertz CT molecular complexity index is 946. The SMILES string of the molecule is O=C(Nc1cc2c(cc1Cl)OCCO2)c1cnc2ccccc2n1. The maximum Gasteiger partial charge on any atom is 0.275 e. The van der Waals surface area contributed by atoms with Crippen LogP contribution in [0.1, 0.15) is 10.5 Å². The zero-order valence-electron chi connectivity index (χ0n) is 12.5. The Balaban J connectivity index is 1.63. The molecule has 3 aromatic rings. The fourth-order valence-corrected chi connectivity index (χ4v) is 2.61. The third-order valence-electron chi connectivity index (χ3n) is 3.56. The number of nitrogens with zero attached hydrogens (tertiary/aromatic N) is 2. The minimum Gasteiger partial charge on any atom is -0.486 e. The maximum absolute atomic E-state index is 12.4. The number of hydrogen-bond donors (Lipinski definition) is 1. The van der Waals surface area contributed by atoms with Gasteiger partial charge in [0.25, 0.3) is 5.91 Å². The minimum atomic E-state index is -0.396. The largest absolute Gasteiger partial charge is 0.486 e. The van der Waals surface area contributed by atoms with Gasteiger partial charge in [0, 0.05) is 12.1 Å². The molecule has 1 aromatic heterocycles. The van der Waals surface area contributed by atoms with Crippen LogP contribution in [0, 0.1) is 0 Å². The van der Waals surface area contributed by atoms with Crippen LogP contribution in [0.15, 0.2) is 42.6 Å². The van der Waals surface area contributed by atoms with Gasteiger partial charge in [-0.3, -0.25) is 9.78 Å². The Labute approximate surface area is 142 Å². The third-order valence-corrected chi connectivity index (χ3v) is 3.87. The molecule has 0 radical (unpaired) electrons. The molecule has 0 bridgehead atoms. The number of rotatable bonds is 2. The molecular formula is C17H12ClN3O3. The van der Waals surface area contributed by atoms with E-state index in [2.05, 4.69) is 15.3 Å². The van der Waals surface area contributed by atoms with Gasteiger partial charge in [0.05, 0.1) is 27.9 Å². The van der Waals surface area contributed by atoms with Crippen LogP contribution in [0.4, 0.5) is 5.69 Å². The molecule has 7 heteroatoms. The van der Waals surface area contributed by atoms with Crippen LogP contribution in [0.3, 0.4) is 0 Å². The number of fused-ring (bicyclic) bond motifs is 2. The van der Waals surface area contributed by atoms with E-state index in [1.165, 1.54) is 6.20 Å². The zero-order chi connectivity index (χ0) is 16.5. The summed E-state index contributed by atoms with van der Waals surface area (Å²) >= 11 is 6.20. The lowest BCUT2D eigenvalue weighted by Gasteiger charge is -2.19. The Morgan fingerprint density at radius 2 is 1.79 bits per heavy atom. The molecule has 0 fully saturated rings. The molecule has 2 heterocycles. The van der Waals surface area contributed by atoms with Crippen LogP contribution < -0.4 is 14.8 Å². The van der Waals surface area contributed by atoms with Crippen LogP contribution in [0.25, 0.3) is 11.0 Å². The second kappa shape index (κ2) is 5.98. The minimum absolute atomic E-state index is 0.208. The Morgan fingerprint density at radius 1 is 1.08 bits per heavy atom. The molecule has 0 spiro atoms. The van der Waals surface area contributed by atoms with Crippen LogP contribution in [-0.4, -0.2) is 29.1 Å². The highest BCUT2D eigenvalue weighted by atomic mass is 35.5. The average Bonchev–Trinajstić information content (AvgIpc) is 2.62. The summed E-state index contributed by atoms with van der Waals surface area (Å²) in [5, 5.41) is 3.09. The van der Waals surface area contributed by atoms with E-state index in [1.807, 2.05) is 18.2 Å². The van der Waals surface area contributed by atoms with E-state index in [0.29, 0.717) is 40.9 Å². The van der Waals surface area contributed by atoms with Gasteiger partial charge in [0.1, 0.15) is 18.9 Å². The maximum atomic E-state index is 12.4. The van der Waals surface area contributed by atoms with Crippen molar-refractivity contribution in [2.24, 2.45) is 0 Å². The number of halogens is 1. The first-order chi connectivity index (χ1) is 11.7. The summed E-state index contributed by atoms with van der Waals surface area (Å²) in [4.78, 5) is 21.0. The Kier molecular flexibility index (Phi) is 3.66. The number of ether oxygens (including phenoxy) is 2. The highest BCUT2D eigenvalue weighted by Crippen LogP contribution is 2.38. The van der Waals surface area contributed by atoms with Crippen molar-refractivity contribution in [1.29, 1.82) is 0 Å². The normalized spacial score (nSPS) is 12.9. The van der Waals surface area contributed by atoms with Gasteiger partial charge in [-0.25, -0.2) is 4.98 Å². The number of amides is 1. The molecule has 4 rings (SSSR count). The lowest BCUT2D eigenvalue weighted by atomic mass is 10.2. The van der Waals surface area contributed by atoms with E-state index in [9.17, 15) is 4.79 Å².